The van der Waals surface area contributed by atoms with Crippen molar-refractivity contribution in [2.45, 2.75) is 12.8 Å². The fourth-order valence-electron chi connectivity index (χ4n) is 3.98. The van der Waals surface area contributed by atoms with E-state index in [1.54, 1.807) is 28.0 Å². The van der Waals surface area contributed by atoms with Gasteiger partial charge >= 0.3 is 0 Å². The van der Waals surface area contributed by atoms with Crippen LogP contribution in [0.15, 0.2) is 30.8 Å². The lowest BCUT2D eigenvalue weighted by atomic mass is 10.1. The first-order valence-corrected chi connectivity index (χ1v) is 9.85. The summed E-state index contributed by atoms with van der Waals surface area (Å²) in [6, 6.07) is 7.12. The zero-order valence-electron chi connectivity index (χ0n) is 16.5. The van der Waals surface area contributed by atoms with Crippen molar-refractivity contribution in [2.24, 2.45) is 0 Å². The van der Waals surface area contributed by atoms with Crippen molar-refractivity contribution in [3.8, 4) is 0 Å². The molecule has 2 saturated heterocycles. The Bertz CT molecular complexity index is 913. The van der Waals surface area contributed by atoms with E-state index in [1.165, 1.54) is 4.90 Å². The molecule has 156 valence electrons. The molecule has 0 unspecified atom stereocenters. The predicted molar refractivity (Wildman–Crippen MR) is 106 cm³/mol. The molecule has 0 spiro atoms. The summed E-state index contributed by atoms with van der Waals surface area (Å²) >= 11 is 0. The van der Waals surface area contributed by atoms with Crippen LogP contribution < -0.4 is 0 Å². The minimum Gasteiger partial charge on any atom is -0.338 e. The Labute approximate surface area is 173 Å². The van der Waals surface area contributed by atoms with E-state index < -0.39 is 0 Å². The van der Waals surface area contributed by atoms with Crippen molar-refractivity contribution in [1.82, 2.24) is 19.6 Å². The molecular weight excluding hydrogens is 388 g/mol. The normalized spacial score (nSPS) is 19.1. The summed E-state index contributed by atoms with van der Waals surface area (Å²) in [5.74, 6) is -1.39. The van der Waals surface area contributed by atoms with Gasteiger partial charge in [0.2, 0.25) is 23.6 Å². The van der Waals surface area contributed by atoms with E-state index >= 15 is 0 Å². The molecule has 3 heterocycles. The monoisotopic (exact) mass is 410 g/mol. The number of carbonyl (C=O) groups is 5. The number of carbonyl (C=O) groups excluding carboxylic acids is 5. The molecule has 0 saturated carbocycles. The van der Waals surface area contributed by atoms with Gasteiger partial charge in [0.25, 0.3) is 5.91 Å². The number of amides is 5. The van der Waals surface area contributed by atoms with Crippen LogP contribution in [0.4, 0.5) is 0 Å². The zero-order valence-corrected chi connectivity index (χ0v) is 16.5. The molecule has 9 heteroatoms. The number of fused-ring (bicyclic) bond motifs is 1. The smallest absolute Gasteiger partial charge is 0.259 e. The molecule has 0 bridgehead atoms. The molecule has 30 heavy (non-hydrogen) atoms. The summed E-state index contributed by atoms with van der Waals surface area (Å²) < 4.78 is 0. The van der Waals surface area contributed by atoms with E-state index in [1.807, 2.05) is 6.07 Å². The maximum Gasteiger partial charge on any atom is 0.259 e. The maximum atomic E-state index is 12.7. The first-order chi connectivity index (χ1) is 14.4. The van der Waals surface area contributed by atoms with Crippen molar-refractivity contribution >= 4 is 35.2 Å². The molecule has 3 aliphatic rings. The van der Waals surface area contributed by atoms with Crippen LogP contribution in [-0.4, -0.2) is 88.4 Å². The highest BCUT2D eigenvalue weighted by Crippen LogP contribution is 2.30. The van der Waals surface area contributed by atoms with Crippen LogP contribution in [0.25, 0.3) is 5.70 Å². The van der Waals surface area contributed by atoms with Gasteiger partial charge in [-0.1, -0.05) is 24.8 Å². The highest BCUT2D eigenvalue weighted by molar-refractivity contribution is 6.10. The van der Waals surface area contributed by atoms with Gasteiger partial charge in [-0.05, 0) is 6.07 Å². The van der Waals surface area contributed by atoms with Gasteiger partial charge in [-0.2, -0.15) is 0 Å². The zero-order chi connectivity index (χ0) is 21.4. The van der Waals surface area contributed by atoms with Crippen LogP contribution in [0, 0.1) is 0 Å². The first-order valence-electron chi connectivity index (χ1n) is 9.85. The fraction of sp³-hybridized carbons (Fsp3) is 0.381. The Morgan fingerprint density at radius 1 is 0.767 bits per heavy atom. The van der Waals surface area contributed by atoms with Gasteiger partial charge in [0.1, 0.15) is 13.1 Å². The van der Waals surface area contributed by atoms with Crippen molar-refractivity contribution in [3.05, 3.63) is 42.0 Å². The molecule has 5 amide bonds. The average Bonchev–Trinajstić information content (AvgIpc) is 3.20. The van der Waals surface area contributed by atoms with Gasteiger partial charge in [-0.15, -0.1) is 0 Å². The Morgan fingerprint density at radius 3 is 1.73 bits per heavy atom. The van der Waals surface area contributed by atoms with E-state index in [9.17, 15) is 24.0 Å². The topological polar surface area (TPSA) is 98.3 Å². The average molecular weight is 410 g/mol. The quantitative estimate of drug-likeness (QED) is 0.648. The lowest BCUT2D eigenvalue weighted by Gasteiger charge is -2.36. The summed E-state index contributed by atoms with van der Waals surface area (Å²) in [6.45, 7) is 4.88. The molecule has 0 atom stereocenters. The van der Waals surface area contributed by atoms with Gasteiger partial charge in [-0.25, -0.2) is 0 Å². The van der Waals surface area contributed by atoms with Gasteiger partial charge in [0.05, 0.1) is 0 Å². The number of likely N-dealkylation sites (tertiary alicyclic amines) is 1. The Morgan fingerprint density at radius 2 is 1.23 bits per heavy atom. The van der Waals surface area contributed by atoms with Crippen molar-refractivity contribution in [1.29, 1.82) is 0 Å². The number of rotatable bonds is 4. The van der Waals surface area contributed by atoms with E-state index in [0.29, 0.717) is 37.4 Å². The second kappa shape index (κ2) is 7.74. The first kappa shape index (κ1) is 19.8. The largest absolute Gasteiger partial charge is 0.338 e. The number of nitrogens with zero attached hydrogens (tertiary/aromatic N) is 4. The third kappa shape index (κ3) is 3.47. The maximum absolute atomic E-state index is 12.7. The highest BCUT2D eigenvalue weighted by atomic mass is 16.2. The Kier molecular flexibility index (Phi) is 5.11. The minimum absolute atomic E-state index is 0.100. The number of imide groups is 1. The van der Waals surface area contributed by atoms with Gasteiger partial charge in [-0.3, -0.25) is 33.8 Å². The highest BCUT2D eigenvalue weighted by Gasteiger charge is 2.35. The van der Waals surface area contributed by atoms with Crippen LogP contribution in [0.1, 0.15) is 28.8 Å². The molecule has 0 aliphatic carbocycles. The second-order valence-corrected chi connectivity index (χ2v) is 7.52. The number of hydrogen-bond donors (Lipinski definition) is 0. The molecule has 0 radical (unpaired) electrons. The van der Waals surface area contributed by atoms with E-state index in [-0.39, 0.29) is 55.5 Å². The molecule has 0 N–H and O–H groups in total. The van der Waals surface area contributed by atoms with Gasteiger partial charge in [0.15, 0.2) is 0 Å². The van der Waals surface area contributed by atoms with E-state index in [2.05, 4.69) is 6.58 Å². The molecule has 4 rings (SSSR count). The fourth-order valence-corrected chi connectivity index (χ4v) is 3.98. The molecule has 2 fully saturated rings. The summed E-state index contributed by atoms with van der Waals surface area (Å²) in [4.78, 5) is 66.6. The SMILES string of the molecule is C=C1c2ccccc2C(=O)N1CC(=O)N1CCN(C(=O)CN2C(=O)CCC2=O)CC1. The molecule has 9 nitrogen and oxygen atoms in total. The standard InChI is InChI=1S/C21H22N4O5/c1-14-15-4-2-3-5-16(15)21(30)24(14)12-19(28)22-8-10-23(11-9-22)20(29)13-25-17(26)6-7-18(25)27/h2-5H,1,6-13H2. The lowest BCUT2D eigenvalue weighted by molar-refractivity contribution is -0.147. The third-order valence-electron chi connectivity index (χ3n) is 5.77. The summed E-state index contributed by atoms with van der Waals surface area (Å²) in [7, 11) is 0. The van der Waals surface area contributed by atoms with Crippen LogP contribution in [0.5, 0.6) is 0 Å². The summed E-state index contributed by atoms with van der Waals surface area (Å²) in [5, 5.41) is 0. The Hall–Kier alpha value is -3.49. The van der Waals surface area contributed by atoms with E-state index in [0.717, 1.165) is 10.5 Å². The van der Waals surface area contributed by atoms with Crippen LogP contribution in [0.2, 0.25) is 0 Å². The Balaban J connectivity index is 1.30. The van der Waals surface area contributed by atoms with Crippen LogP contribution >= 0.6 is 0 Å². The van der Waals surface area contributed by atoms with Gasteiger partial charge < -0.3 is 9.80 Å². The van der Waals surface area contributed by atoms with Crippen molar-refractivity contribution in [3.63, 3.8) is 0 Å². The van der Waals surface area contributed by atoms with Gasteiger partial charge in [0, 0.05) is 55.8 Å². The predicted octanol–water partition coefficient (Wildman–Crippen LogP) is -0.0671. The number of benzene rings is 1. The number of hydrogen-bond acceptors (Lipinski definition) is 5. The third-order valence-corrected chi connectivity index (χ3v) is 5.77. The lowest BCUT2D eigenvalue weighted by Crippen LogP contribution is -2.54. The molecular formula is C21H22N4O5. The molecule has 1 aromatic carbocycles. The summed E-state index contributed by atoms with van der Waals surface area (Å²) in [5.41, 5.74) is 1.78. The molecule has 1 aromatic rings. The molecule has 3 aliphatic heterocycles. The summed E-state index contributed by atoms with van der Waals surface area (Å²) in [6.07, 6.45) is 0.303. The minimum atomic E-state index is -0.321. The number of piperazine rings is 1. The second-order valence-electron chi connectivity index (χ2n) is 7.52. The van der Waals surface area contributed by atoms with Crippen LogP contribution in [-0.2, 0) is 19.2 Å². The van der Waals surface area contributed by atoms with Crippen LogP contribution in [0.3, 0.4) is 0 Å². The molecule has 0 aromatic heterocycles. The van der Waals surface area contributed by atoms with Crippen molar-refractivity contribution in [2.75, 3.05) is 39.3 Å². The van der Waals surface area contributed by atoms with Crippen molar-refractivity contribution < 1.29 is 24.0 Å². The van der Waals surface area contributed by atoms with E-state index in [4.69, 9.17) is 0 Å².